The Labute approximate surface area is 173 Å². The van der Waals surface area contributed by atoms with Gasteiger partial charge in [-0.25, -0.2) is 21.1 Å². The van der Waals surface area contributed by atoms with E-state index in [4.69, 9.17) is 0 Å². The van der Waals surface area contributed by atoms with E-state index >= 15 is 0 Å². The summed E-state index contributed by atoms with van der Waals surface area (Å²) in [4.78, 5) is 0.497. The van der Waals surface area contributed by atoms with Gasteiger partial charge in [0.2, 0.25) is 20.0 Å². The molecule has 1 aliphatic rings. The molecule has 1 N–H and O–H groups in total. The quantitative estimate of drug-likeness (QED) is 0.720. The second-order valence-corrected chi connectivity index (χ2v) is 11.4. The normalized spacial score (nSPS) is 16.1. The third-order valence-corrected chi connectivity index (χ3v) is 8.67. The highest BCUT2D eigenvalue weighted by Crippen LogP contribution is 2.23. The Morgan fingerprint density at radius 3 is 2.24 bits per heavy atom. The van der Waals surface area contributed by atoms with Crippen molar-refractivity contribution in [3.8, 4) is 0 Å². The van der Waals surface area contributed by atoms with Crippen LogP contribution in [-0.4, -0.2) is 52.6 Å². The predicted molar refractivity (Wildman–Crippen MR) is 114 cm³/mol. The topological polar surface area (TPSA) is 86.8 Å². The molecular weight excluding hydrogens is 410 g/mol. The number of nitrogens with zero attached hydrogens (tertiary/aromatic N) is 2. The molecule has 158 valence electrons. The third-order valence-electron chi connectivity index (χ3n) is 4.96. The molecule has 1 heterocycles. The first-order valence-corrected chi connectivity index (χ1v) is 12.4. The van der Waals surface area contributed by atoms with E-state index < -0.39 is 20.0 Å². The highest BCUT2D eigenvalue weighted by molar-refractivity contribution is 7.89. The zero-order valence-corrected chi connectivity index (χ0v) is 18.3. The Morgan fingerprint density at radius 2 is 1.55 bits per heavy atom. The molecule has 0 spiro atoms. The van der Waals surface area contributed by atoms with E-state index in [2.05, 4.69) is 5.32 Å². The molecule has 2 aromatic carbocycles. The average molecular weight is 438 g/mol. The maximum absolute atomic E-state index is 12.9. The highest BCUT2D eigenvalue weighted by Gasteiger charge is 2.26. The van der Waals surface area contributed by atoms with E-state index in [1.165, 1.54) is 18.4 Å². The van der Waals surface area contributed by atoms with Crippen LogP contribution in [0, 0.1) is 0 Å². The van der Waals surface area contributed by atoms with E-state index in [0.717, 1.165) is 24.8 Å². The van der Waals surface area contributed by atoms with Gasteiger partial charge in [-0.15, -0.1) is 0 Å². The lowest BCUT2D eigenvalue weighted by atomic mass is 10.2. The van der Waals surface area contributed by atoms with Crippen LogP contribution >= 0.6 is 0 Å². The number of hydrogen-bond acceptors (Lipinski definition) is 5. The number of piperidine rings is 1. The summed E-state index contributed by atoms with van der Waals surface area (Å²) in [5, 5.41) is 3.19. The molecule has 29 heavy (non-hydrogen) atoms. The van der Waals surface area contributed by atoms with E-state index in [0.29, 0.717) is 25.3 Å². The number of hydrogen-bond donors (Lipinski definition) is 1. The van der Waals surface area contributed by atoms with E-state index in [9.17, 15) is 16.8 Å². The first-order valence-electron chi connectivity index (χ1n) is 9.57. The largest absolute Gasteiger partial charge is 0.381 e. The molecular formula is C20H27N3O4S2. The molecule has 0 aliphatic carbocycles. The van der Waals surface area contributed by atoms with Gasteiger partial charge in [0.25, 0.3) is 0 Å². The van der Waals surface area contributed by atoms with Crippen LogP contribution in [0.2, 0.25) is 0 Å². The van der Waals surface area contributed by atoms with Gasteiger partial charge in [-0.2, -0.15) is 4.31 Å². The van der Waals surface area contributed by atoms with Crippen molar-refractivity contribution >= 4 is 25.7 Å². The van der Waals surface area contributed by atoms with Crippen LogP contribution in [0.1, 0.15) is 24.8 Å². The van der Waals surface area contributed by atoms with Crippen LogP contribution in [0.3, 0.4) is 0 Å². The summed E-state index contributed by atoms with van der Waals surface area (Å²) < 4.78 is 53.0. The summed E-state index contributed by atoms with van der Waals surface area (Å²) in [5.74, 6) is 0. The molecule has 0 aromatic heterocycles. The summed E-state index contributed by atoms with van der Waals surface area (Å²) in [7, 11) is -4.01. The van der Waals surface area contributed by atoms with Crippen molar-refractivity contribution in [3.05, 3.63) is 54.1 Å². The van der Waals surface area contributed by atoms with Crippen LogP contribution in [0.15, 0.2) is 58.3 Å². The lowest BCUT2D eigenvalue weighted by Crippen LogP contribution is -2.35. The average Bonchev–Trinajstić information content (AvgIpc) is 2.73. The lowest BCUT2D eigenvalue weighted by Gasteiger charge is -2.26. The molecule has 3 rings (SSSR count). The Kier molecular flexibility index (Phi) is 6.62. The predicted octanol–water partition coefficient (Wildman–Crippen LogP) is 2.72. The van der Waals surface area contributed by atoms with E-state index in [1.54, 1.807) is 46.8 Å². The minimum absolute atomic E-state index is 0.225. The third kappa shape index (κ3) is 4.98. The first-order chi connectivity index (χ1) is 13.7. The minimum atomic E-state index is -3.50. The van der Waals surface area contributed by atoms with Gasteiger partial charge in [0.15, 0.2) is 0 Å². The molecule has 1 aliphatic heterocycles. The summed E-state index contributed by atoms with van der Waals surface area (Å²) >= 11 is 0. The SMILES string of the molecule is CN(C)S(=O)(=O)c1cccc(CNc2cccc(S(=O)(=O)N3CCCCC3)c2)c1. The molecule has 1 fully saturated rings. The Hall–Kier alpha value is -1.94. The fourth-order valence-electron chi connectivity index (χ4n) is 3.25. The van der Waals surface area contributed by atoms with Crippen LogP contribution in [0.4, 0.5) is 5.69 Å². The van der Waals surface area contributed by atoms with Crippen LogP contribution in [-0.2, 0) is 26.6 Å². The van der Waals surface area contributed by atoms with Crippen molar-refractivity contribution in [2.24, 2.45) is 0 Å². The zero-order valence-electron chi connectivity index (χ0n) is 16.7. The van der Waals surface area contributed by atoms with Gasteiger partial charge in [-0.05, 0) is 48.7 Å². The molecule has 0 bridgehead atoms. The van der Waals surface area contributed by atoms with Crippen LogP contribution < -0.4 is 5.32 Å². The first kappa shape index (κ1) is 21.8. The van der Waals surface area contributed by atoms with Gasteiger partial charge >= 0.3 is 0 Å². The van der Waals surface area contributed by atoms with Crippen molar-refractivity contribution < 1.29 is 16.8 Å². The van der Waals surface area contributed by atoms with Crippen molar-refractivity contribution in [1.29, 1.82) is 0 Å². The van der Waals surface area contributed by atoms with Crippen molar-refractivity contribution in [2.45, 2.75) is 35.6 Å². The zero-order chi connectivity index (χ0) is 21.1. The Balaban J connectivity index is 1.75. The molecule has 0 radical (unpaired) electrons. The molecule has 0 atom stereocenters. The van der Waals surface area contributed by atoms with Crippen molar-refractivity contribution in [1.82, 2.24) is 8.61 Å². The summed E-state index contributed by atoms with van der Waals surface area (Å²) in [6, 6.07) is 13.5. The number of sulfonamides is 2. The minimum Gasteiger partial charge on any atom is -0.381 e. The number of anilines is 1. The maximum Gasteiger partial charge on any atom is 0.243 e. The van der Waals surface area contributed by atoms with Gasteiger partial charge in [0, 0.05) is 39.4 Å². The molecule has 9 heteroatoms. The smallest absolute Gasteiger partial charge is 0.243 e. The molecule has 0 amide bonds. The van der Waals surface area contributed by atoms with Gasteiger partial charge in [-0.3, -0.25) is 0 Å². The second kappa shape index (κ2) is 8.83. The molecule has 0 unspecified atom stereocenters. The molecule has 0 saturated carbocycles. The standard InChI is InChI=1S/C20H27N3O4S2/c1-22(2)28(24,25)19-10-6-8-17(14-19)16-21-18-9-7-11-20(15-18)29(26,27)23-12-4-3-5-13-23/h6-11,14-15,21H,3-5,12-13,16H2,1-2H3. The monoisotopic (exact) mass is 437 g/mol. The summed E-state index contributed by atoms with van der Waals surface area (Å²) in [6.07, 6.45) is 2.85. The van der Waals surface area contributed by atoms with E-state index in [1.807, 2.05) is 6.07 Å². The van der Waals surface area contributed by atoms with Crippen molar-refractivity contribution in [2.75, 3.05) is 32.5 Å². The van der Waals surface area contributed by atoms with E-state index in [-0.39, 0.29) is 9.79 Å². The fraction of sp³-hybridized carbons (Fsp3) is 0.400. The van der Waals surface area contributed by atoms with Gasteiger partial charge in [0.1, 0.15) is 0 Å². The second-order valence-electron chi connectivity index (χ2n) is 7.28. The van der Waals surface area contributed by atoms with Crippen molar-refractivity contribution in [3.63, 3.8) is 0 Å². The molecule has 2 aromatic rings. The summed E-state index contributed by atoms with van der Waals surface area (Å²) in [6.45, 7) is 1.50. The number of rotatable bonds is 7. The molecule has 1 saturated heterocycles. The van der Waals surface area contributed by atoms with Crippen LogP contribution in [0.25, 0.3) is 0 Å². The highest BCUT2D eigenvalue weighted by atomic mass is 32.2. The number of benzene rings is 2. The van der Waals surface area contributed by atoms with Crippen LogP contribution in [0.5, 0.6) is 0 Å². The Morgan fingerprint density at radius 1 is 0.897 bits per heavy atom. The molecule has 7 nitrogen and oxygen atoms in total. The fourth-order valence-corrected chi connectivity index (χ4v) is 5.79. The van der Waals surface area contributed by atoms with Gasteiger partial charge in [0.05, 0.1) is 9.79 Å². The summed E-state index contributed by atoms with van der Waals surface area (Å²) in [5.41, 5.74) is 1.46. The maximum atomic E-state index is 12.9. The lowest BCUT2D eigenvalue weighted by molar-refractivity contribution is 0.346. The van der Waals surface area contributed by atoms with Gasteiger partial charge in [-0.1, -0.05) is 24.6 Å². The number of nitrogens with one attached hydrogen (secondary N) is 1. The Bertz CT molecular complexity index is 1060. The van der Waals surface area contributed by atoms with Gasteiger partial charge < -0.3 is 5.32 Å².